The van der Waals surface area contributed by atoms with E-state index in [4.69, 9.17) is 16.3 Å². The molecule has 0 aliphatic heterocycles. The van der Waals surface area contributed by atoms with Crippen molar-refractivity contribution in [3.63, 3.8) is 0 Å². The van der Waals surface area contributed by atoms with Gasteiger partial charge in [-0.1, -0.05) is 23.7 Å². The molecule has 2 rings (SSSR count). The van der Waals surface area contributed by atoms with Crippen molar-refractivity contribution in [2.75, 3.05) is 6.61 Å². The van der Waals surface area contributed by atoms with Crippen LogP contribution in [0.4, 0.5) is 8.78 Å². The molecule has 0 N–H and O–H groups in total. The second-order valence-electron chi connectivity index (χ2n) is 4.72. The van der Waals surface area contributed by atoms with Crippen LogP contribution in [0.25, 0.3) is 0 Å². The summed E-state index contributed by atoms with van der Waals surface area (Å²) in [6.45, 7) is 1.59. The molecule has 0 spiro atoms. The predicted octanol–water partition coefficient (Wildman–Crippen LogP) is 3.84. The van der Waals surface area contributed by atoms with E-state index in [9.17, 15) is 18.4 Å². The van der Waals surface area contributed by atoms with E-state index >= 15 is 0 Å². The number of ether oxygens (including phenoxy) is 1. The number of ketones is 1. The van der Waals surface area contributed by atoms with Crippen LogP contribution in [-0.4, -0.2) is 18.4 Å². The zero-order valence-corrected chi connectivity index (χ0v) is 12.9. The molecular formula is C17H13ClF2O3. The van der Waals surface area contributed by atoms with Gasteiger partial charge in [0.15, 0.2) is 5.78 Å². The van der Waals surface area contributed by atoms with Gasteiger partial charge in [-0.3, -0.25) is 4.79 Å². The van der Waals surface area contributed by atoms with Crippen LogP contribution in [0.2, 0.25) is 0 Å². The molecule has 0 aliphatic rings. The second kappa shape index (κ2) is 6.87. The summed E-state index contributed by atoms with van der Waals surface area (Å²) in [7, 11) is 0. The molecule has 0 fully saturated rings. The van der Waals surface area contributed by atoms with Crippen molar-refractivity contribution in [3.8, 4) is 0 Å². The van der Waals surface area contributed by atoms with E-state index in [-0.39, 0.29) is 17.7 Å². The van der Waals surface area contributed by atoms with Crippen molar-refractivity contribution in [1.29, 1.82) is 0 Å². The largest absolute Gasteiger partial charge is 0.464 e. The van der Waals surface area contributed by atoms with Crippen LogP contribution in [0.3, 0.4) is 0 Å². The Morgan fingerprint density at radius 1 is 1.00 bits per heavy atom. The molecule has 0 aliphatic carbocycles. The fourth-order valence-electron chi connectivity index (χ4n) is 2.05. The molecule has 0 saturated carbocycles. The summed E-state index contributed by atoms with van der Waals surface area (Å²) < 4.78 is 31.0. The molecule has 0 amide bonds. The van der Waals surface area contributed by atoms with Crippen molar-refractivity contribution in [2.45, 2.75) is 11.8 Å². The normalized spacial score (nSPS) is 13.2. The number of hydrogen-bond acceptors (Lipinski definition) is 3. The highest BCUT2D eigenvalue weighted by Crippen LogP contribution is 2.35. The first-order valence-corrected chi connectivity index (χ1v) is 7.20. The molecule has 2 aromatic rings. The van der Waals surface area contributed by atoms with Gasteiger partial charge in [-0.05, 0) is 48.9 Å². The van der Waals surface area contributed by atoms with E-state index in [1.54, 1.807) is 6.92 Å². The lowest BCUT2D eigenvalue weighted by atomic mass is 9.89. The minimum Gasteiger partial charge on any atom is -0.464 e. The minimum absolute atomic E-state index is 0.0190. The molecular weight excluding hydrogens is 326 g/mol. The first-order valence-electron chi connectivity index (χ1n) is 6.82. The maximum Gasteiger partial charge on any atom is 0.339 e. The third-order valence-corrected chi connectivity index (χ3v) is 3.76. The summed E-state index contributed by atoms with van der Waals surface area (Å²) in [5.41, 5.74) is 0.118. The van der Waals surface area contributed by atoms with E-state index in [1.165, 1.54) is 24.3 Å². The highest BCUT2D eigenvalue weighted by atomic mass is 35.5. The molecule has 1 atom stereocenters. The Morgan fingerprint density at radius 3 is 1.96 bits per heavy atom. The molecule has 3 nitrogen and oxygen atoms in total. The van der Waals surface area contributed by atoms with Crippen LogP contribution < -0.4 is 0 Å². The van der Waals surface area contributed by atoms with Gasteiger partial charge in [0, 0.05) is 5.56 Å². The molecule has 120 valence electrons. The standard InChI is InChI=1S/C17H13ClF2O3/c1-2-23-16(22)17(18,12-5-9-14(20)10-6-12)15(21)11-3-7-13(19)8-4-11/h3-10H,2H2,1H3. The average Bonchev–Trinajstić information content (AvgIpc) is 2.55. The van der Waals surface area contributed by atoms with Gasteiger partial charge in [0.1, 0.15) is 11.6 Å². The Balaban J connectivity index is 2.52. The van der Waals surface area contributed by atoms with Crippen molar-refractivity contribution in [1.82, 2.24) is 0 Å². The second-order valence-corrected chi connectivity index (χ2v) is 5.29. The number of Topliss-reactive ketones (excluding diaryl/α,β-unsaturated/α-hetero) is 1. The molecule has 0 bridgehead atoms. The Hall–Kier alpha value is -2.27. The molecule has 0 heterocycles. The number of carbonyl (C=O) groups is 2. The van der Waals surface area contributed by atoms with Crippen LogP contribution in [-0.2, 0) is 14.4 Å². The van der Waals surface area contributed by atoms with Gasteiger partial charge in [-0.25, -0.2) is 13.6 Å². The molecule has 2 aromatic carbocycles. The van der Waals surface area contributed by atoms with E-state index < -0.39 is 28.3 Å². The number of esters is 1. The fourth-order valence-corrected chi connectivity index (χ4v) is 2.34. The van der Waals surface area contributed by atoms with Crippen molar-refractivity contribution in [2.24, 2.45) is 0 Å². The first kappa shape index (κ1) is 17.1. The topological polar surface area (TPSA) is 43.4 Å². The number of carbonyl (C=O) groups excluding carboxylic acids is 2. The minimum atomic E-state index is -2.17. The Morgan fingerprint density at radius 2 is 1.48 bits per heavy atom. The van der Waals surface area contributed by atoms with Crippen LogP contribution >= 0.6 is 11.6 Å². The smallest absolute Gasteiger partial charge is 0.339 e. The van der Waals surface area contributed by atoms with Crippen LogP contribution in [0.15, 0.2) is 48.5 Å². The summed E-state index contributed by atoms with van der Waals surface area (Å²) in [4.78, 5) is 22.9. The maximum atomic E-state index is 13.1. The first-order chi connectivity index (χ1) is 10.9. The lowest BCUT2D eigenvalue weighted by Crippen LogP contribution is -2.40. The van der Waals surface area contributed by atoms with E-state index in [0.717, 1.165) is 24.3 Å². The van der Waals surface area contributed by atoms with Gasteiger partial charge in [-0.2, -0.15) is 0 Å². The fraction of sp³-hybridized carbons (Fsp3) is 0.176. The van der Waals surface area contributed by atoms with Crippen molar-refractivity contribution >= 4 is 23.4 Å². The van der Waals surface area contributed by atoms with E-state index in [2.05, 4.69) is 0 Å². The monoisotopic (exact) mass is 338 g/mol. The van der Waals surface area contributed by atoms with Crippen molar-refractivity contribution in [3.05, 3.63) is 71.3 Å². The lowest BCUT2D eigenvalue weighted by molar-refractivity contribution is -0.145. The number of hydrogen-bond donors (Lipinski definition) is 0. The molecule has 0 saturated heterocycles. The summed E-state index contributed by atoms with van der Waals surface area (Å²) in [6, 6.07) is 9.25. The third kappa shape index (κ3) is 3.40. The van der Waals surface area contributed by atoms with Gasteiger partial charge in [0.05, 0.1) is 6.61 Å². The zero-order valence-electron chi connectivity index (χ0n) is 12.2. The molecule has 6 heteroatoms. The van der Waals surface area contributed by atoms with Gasteiger partial charge in [0.2, 0.25) is 4.87 Å². The summed E-state index contributed by atoms with van der Waals surface area (Å²) >= 11 is 6.33. The highest BCUT2D eigenvalue weighted by molar-refractivity contribution is 6.47. The van der Waals surface area contributed by atoms with Crippen molar-refractivity contribution < 1.29 is 23.1 Å². The summed E-state index contributed by atoms with van der Waals surface area (Å²) in [5, 5.41) is 0. The molecule has 0 radical (unpaired) electrons. The zero-order chi connectivity index (χ0) is 17.0. The quantitative estimate of drug-likeness (QED) is 0.360. The van der Waals surface area contributed by atoms with E-state index in [0.29, 0.717) is 0 Å². The van der Waals surface area contributed by atoms with Crippen LogP contribution in [0, 0.1) is 11.6 Å². The average molecular weight is 339 g/mol. The summed E-state index contributed by atoms with van der Waals surface area (Å²) in [5.74, 6) is -2.81. The number of halogens is 3. The van der Waals surface area contributed by atoms with Crippen LogP contribution in [0.5, 0.6) is 0 Å². The van der Waals surface area contributed by atoms with Gasteiger partial charge < -0.3 is 4.74 Å². The Labute approximate surface area is 136 Å². The van der Waals surface area contributed by atoms with E-state index in [1.807, 2.05) is 0 Å². The molecule has 23 heavy (non-hydrogen) atoms. The van der Waals surface area contributed by atoms with Gasteiger partial charge >= 0.3 is 5.97 Å². The Kier molecular flexibility index (Phi) is 5.11. The van der Waals surface area contributed by atoms with Crippen LogP contribution in [0.1, 0.15) is 22.8 Å². The maximum absolute atomic E-state index is 13.1. The summed E-state index contributed by atoms with van der Waals surface area (Å²) in [6.07, 6.45) is 0. The number of alkyl halides is 1. The Bertz CT molecular complexity index is 714. The molecule has 0 aromatic heterocycles. The SMILES string of the molecule is CCOC(=O)C(Cl)(C(=O)c1ccc(F)cc1)c1ccc(F)cc1. The number of rotatable bonds is 5. The third-order valence-electron chi connectivity index (χ3n) is 3.22. The number of benzene rings is 2. The lowest BCUT2D eigenvalue weighted by Gasteiger charge is -2.24. The molecule has 1 unspecified atom stereocenters. The highest BCUT2D eigenvalue weighted by Gasteiger charge is 2.47. The van der Waals surface area contributed by atoms with Gasteiger partial charge in [0.25, 0.3) is 0 Å². The predicted molar refractivity (Wildman–Crippen MR) is 81.3 cm³/mol. The van der Waals surface area contributed by atoms with Gasteiger partial charge in [-0.15, -0.1) is 0 Å².